The van der Waals surface area contributed by atoms with E-state index in [9.17, 15) is 0 Å². The molecule has 49 heavy (non-hydrogen) atoms. The normalized spacial score (nSPS) is 12.9. The van der Waals surface area contributed by atoms with Gasteiger partial charge in [-0.05, 0) is 60.6 Å². The van der Waals surface area contributed by atoms with Gasteiger partial charge >= 0.3 is 0 Å². The highest BCUT2D eigenvalue weighted by Gasteiger charge is 2.41. The van der Waals surface area contributed by atoms with Crippen molar-refractivity contribution in [2.75, 3.05) is 0 Å². The first kappa shape index (κ1) is 29.2. The Morgan fingerprint density at radius 3 is 1.61 bits per heavy atom. The lowest BCUT2D eigenvalue weighted by Gasteiger charge is -2.23. The zero-order chi connectivity index (χ0) is 33.0. The van der Waals surface area contributed by atoms with Crippen LogP contribution >= 0.6 is 0 Å². The minimum Gasteiger partial charge on any atom is -0.208 e. The molecule has 2 heterocycles. The van der Waals surface area contributed by atoms with E-state index in [0.717, 1.165) is 33.4 Å². The van der Waals surface area contributed by atoms with E-state index in [1.165, 1.54) is 37.8 Å². The van der Waals surface area contributed by atoms with Gasteiger partial charge in [0.2, 0.25) is 0 Å². The number of aromatic nitrogens is 3. The van der Waals surface area contributed by atoms with Crippen molar-refractivity contribution in [3.05, 3.63) is 164 Å². The number of nitrogens with zero attached hydrogens (tertiary/aromatic N) is 3. The lowest BCUT2D eigenvalue weighted by atomic mass is 9.99. The Balaban J connectivity index is 1.24. The smallest absolute Gasteiger partial charge is 0.164 e. The lowest BCUT2D eigenvalue weighted by Crippen LogP contribution is -2.50. The average molecular weight is 644 g/mol. The molecule has 0 spiro atoms. The number of fused-ring (bicyclic) bond motifs is 5. The van der Waals surface area contributed by atoms with Crippen LogP contribution in [0.5, 0.6) is 0 Å². The van der Waals surface area contributed by atoms with Crippen LogP contribution in [0.3, 0.4) is 0 Å². The molecule has 0 radical (unpaired) electrons. The minimum absolute atomic E-state index is 0.669. The van der Waals surface area contributed by atoms with Gasteiger partial charge in [-0.1, -0.05) is 171 Å². The Morgan fingerprint density at radius 2 is 0.857 bits per heavy atom. The summed E-state index contributed by atoms with van der Waals surface area (Å²) in [6.07, 6.45) is 0. The van der Waals surface area contributed by atoms with Crippen molar-refractivity contribution in [3.8, 4) is 67.5 Å². The second-order valence-corrected chi connectivity index (χ2v) is 17.5. The number of hydrogen-bond donors (Lipinski definition) is 0. The maximum absolute atomic E-state index is 5.27. The summed E-state index contributed by atoms with van der Waals surface area (Å²) in [5.74, 6) is 2.05. The fraction of sp³-hybridized carbons (Fsp3) is 0.0444. The quantitative estimate of drug-likeness (QED) is 0.175. The molecular formula is C45H33N3Si. The summed E-state index contributed by atoms with van der Waals surface area (Å²) in [5, 5.41) is 5.53. The summed E-state index contributed by atoms with van der Waals surface area (Å²) in [7, 11) is -2.16. The number of rotatable bonds is 5. The van der Waals surface area contributed by atoms with E-state index in [0.29, 0.717) is 17.5 Å². The van der Waals surface area contributed by atoms with Crippen molar-refractivity contribution in [2.24, 2.45) is 0 Å². The largest absolute Gasteiger partial charge is 0.208 e. The van der Waals surface area contributed by atoms with E-state index < -0.39 is 8.07 Å². The average Bonchev–Trinajstić information content (AvgIpc) is 3.42. The van der Waals surface area contributed by atoms with Crippen molar-refractivity contribution in [2.45, 2.75) is 13.1 Å². The van der Waals surface area contributed by atoms with Crippen LogP contribution in [0.2, 0.25) is 13.1 Å². The molecule has 1 aliphatic rings. The predicted molar refractivity (Wildman–Crippen MR) is 207 cm³/mol. The van der Waals surface area contributed by atoms with Crippen molar-refractivity contribution in [1.29, 1.82) is 0 Å². The first-order valence-electron chi connectivity index (χ1n) is 16.8. The van der Waals surface area contributed by atoms with E-state index in [2.05, 4.69) is 165 Å². The third-order valence-corrected chi connectivity index (χ3v) is 13.5. The Kier molecular flexibility index (Phi) is 6.92. The molecule has 0 N–H and O–H groups in total. The van der Waals surface area contributed by atoms with Crippen LogP contribution in [0.1, 0.15) is 0 Å². The van der Waals surface area contributed by atoms with Crippen LogP contribution in [0.4, 0.5) is 0 Å². The third kappa shape index (κ3) is 5.00. The Bertz CT molecular complexity index is 2510. The van der Waals surface area contributed by atoms with E-state index in [-0.39, 0.29) is 0 Å². The van der Waals surface area contributed by atoms with E-state index >= 15 is 0 Å². The molecule has 232 valence electrons. The number of benzene rings is 7. The molecule has 0 amide bonds. The standard InChI is InChI=1S/C45H33N3Si/c1-49(2)41-37-20-10-9-17-33(37)27-28-39(41)38-21-12-22-40(42(38)49)45-47-43(34-25-23-32(24-26-34)30-13-5-3-6-14-30)46-44(48-45)36-19-11-18-35(29-36)31-15-7-4-8-16-31/h3-29H,1-2H3. The van der Waals surface area contributed by atoms with E-state index in [4.69, 9.17) is 15.0 Å². The molecule has 0 unspecified atom stereocenters. The van der Waals surface area contributed by atoms with Crippen LogP contribution in [-0.4, -0.2) is 23.0 Å². The first-order chi connectivity index (χ1) is 24.0. The Morgan fingerprint density at radius 1 is 0.347 bits per heavy atom. The van der Waals surface area contributed by atoms with E-state index in [1.54, 1.807) is 0 Å². The van der Waals surface area contributed by atoms with Crippen molar-refractivity contribution < 1.29 is 0 Å². The maximum Gasteiger partial charge on any atom is 0.164 e. The Labute approximate surface area is 287 Å². The molecular weight excluding hydrogens is 611 g/mol. The summed E-state index contributed by atoms with van der Waals surface area (Å²) in [6, 6.07) is 58.0. The molecule has 4 heteroatoms. The molecule has 7 aromatic carbocycles. The molecule has 0 fully saturated rings. The minimum atomic E-state index is -2.16. The third-order valence-electron chi connectivity index (χ3n) is 9.89. The molecule has 0 saturated carbocycles. The van der Waals surface area contributed by atoms with Gasteiger partial charge in [-0.25, -0.2) is 15.0 Å². The van der Waals surface area contributed by atoms with Crippen LogP contribution in [-0.2, 0) is 0 Å². The fourth-order valence-corrected chi connectivity index (χ4v) is 11.4. The van der Waals surface area contributed by atoms with Gasteiger partial charge in [0.05, 0.1) is 0 Å². The van der Waals surface area contributed by atoms with Gasteiger partial charge in [0.15, 0.2) is 17.5 Å². The van der Waals surface area contributed by atoms with Gasteiger partial charge in [-0.3, -0.25) is 0 Å². The fourth-order valence-electron chi connectivity index (χ4n) is 7.60. The molecule has 0 saturated heterocycles. The highest BCUT2D eigenvalue weighted by molar-refractivity contribution is 7.05. The zero-order valence-corrected chi connectivity index (χ0v) is 28.4. The molecule has 0 bridgehead atoms. The maximum atomic E-state index is 5.27. The molecule has 1 aromatic heterocycles. The second-order valence-electron chi connectivity index (χ2n) is 13.3. The molecule has 3 nitrogen and oxygen atoms in total. The summed E-state index contributed by atoms with van der Waals surface area (Å²) in [4.78, 5) is 15.7. The number of hydrogen-bond acceptors (Lipinski definition) is 3. The van der Waals surface area contributed by atoms with Crippen LogP contribution in [0, 0.1) is 0 Å². The topological polar surface area (TPSA) is 38.7 Å². The molecule has 0 aliphatic carbocycles. The van der Waals surface area contributed by atoms with Gasteiger partial charge < -0.3 is 0 Å². The highest BCUT2D eigenvalue weighted by atomic mass is 28.3. The molecule has 0 atom stereocenters. The van der Waals surface area contributed by atoms with E-state index in [1.807, 2.05) is 12.1 Å². The van der Waals surface area contributed by atoms with Crippen molar-refractivity contribution >= 4 is 29.2 Å². The Hall–Kier alpha value is -5.97. The van der Waals surface area contributed by atoms with Gasteiger partial charge in [-0.2, -0.15) is 0 Å². The van der Waals surface area contributed by atoms with Gasteiger partial charge in [-0.15, -0.1) is 0 Å². The van der Waals surface area contributed by atoms with Crippen LogP contribution in [0.25, 0.3) is 78.3 Å². The SMILES string of the molecule is C[Si]1(C)c2c(-c3nc(-c4ccc(-c5ccccc5)cc4)nc(-c4cccc(-c5ccccc5)c4)n3)cccc2-c2ccc3ccccc3c21. The summed E-state index contributed by atoms with van der Waals surface area (Å²) >= 11 is 0. The van der Waals surface area contributed by atoms with Gasteiger partial charge in [0.25, 0.3) is 0 Å². The van der Waals surface area contributed by atoms with Gasteiger partial charge in [0.1, 0.15) is 8.07 Å². The first-order valence-corrected chi connectivity index (χ1v) is 19.8. The van der Waals surface area contributed by atoms with Crippen molar-refractivity contribution in [1.82, 2.24) is 15.0 Å². The summed E-state index contributed by atoms with van der Waals surface area (Å²) in [6.45, 7) is 4.95. The highest BCUT2D eigenvalue weighted by Crippen LogP contribution is 2.36. The van der Waals surface area contributed by atoms with Gasteiger partial charge in [0, 0.05) is 16.7 Å². The second kappa shape index (κ2) is 11.6. The monoisotopic (exact) mass is 643 g/mol. The molecule has 8 aromatic rings. The van der Waals surface area contributed by atoms with Crippen molar-refractivity contribution in [3.63, 3.8) is 0 Å². The predicted octanol–water partition coefficient (Wildman–Crippen LogP) is 10.2. The summed E-state index contributed by atoms with van der Waals surface area (Å²) < 4.78 is 0. The molecule has 9 rings (SSSR count). The van der Waals surface area contributed by atoms with Crippen LogP contribution in [0.15, 0.2) is 164 Å². The lowest BCUT2D eigenvalue weighted by molar-refractivity contribution is 1.08. The zero-order valence-electron chi connectivity index (χ0n) is 27.4. The summed E-state index contributed by atoms with van der Waals surface area (Å²) in [5.41, 5.74) is 10.3. The molecule has 1 aliphatic heterocycles. The van der Waals surface area contributed by atoms with Crippen LogP contribution < -0.4 is 10.4 Å².